The van der Waals surface area contributed by atoms with Gasteiger partial charge in [-0.25, -0.2) is 0 Å². The maximum Gasteiger partial charge on any atom is 0.237 e. The Morgan fingerprint density at radius 2 is 2.45 bits per heavy atom. The Labute approximate surface area is 71.5 Å². The van der Waals surface area contributed by atoms with Crippen molar-refractivity contribution in [2.75, 3.05) is 19.0 Å². The minimum absolute atomic E-state index is 0.00168. The van der Waals surface area contributed by atoms with Crippen LogP contribution in [0.4, 0.5) is 0 Å². The molecule has 1 amide bonds. The van der Waals surface area contributed by atoms with Crippen LogP contribution in [0.5, 0.6) is 0 Å². The summed E-state index contributed by atoms with van der Waals surface area (Å²) in [5.74, 6) is 0.0778. The predicted molar refractivity (Wildman–Crippen MR) is 44.5 cm³/mol. The molecule has 2 N–H and O–H groups in total. The fourth-order valence-corrected chi connectivity index (χ4v) is 1.49. The number of piperidine rings is 1. The fourth-order valence-electron chi connectivity index (χ4n) is 1.32. The second-order valence-electron chi connectivity index (χ2n) is 2.88. The van der Waals surface area contributed by atoms with Crippen LogP contribution >= 0.6 is 11.6 Å². The lowest BCUT2D eigenvalue weighted by atomic mass is 10.1. The molecule has 0 aromatic carbocycles. The molecule has 0 aromatic heterocycles. The number of likely N-dealkylation sites (tertiary alicyclic amines) is 1. The van der Waals surface area contributed by atoms with Crippen LogP contribution in [0.15, 0.2) is 0 Å². The van der Waals surface area contributed by atoms with Crippen molar-refractivity contribution in [2.24, 2.45) is 5.73 Å². The number of carbonyl (C=O) groups is 1. The monoisotopic (exact) mass is 176 g/mol. The number of rotatable bonds is 1. The second kappa shape index (κ2) is 3.93. The number of hydrogen-bond acceptors (Lipinski definition) is 2. The Morgan fingerprint density at radius 3 is 3.00 bits per heavy atom. The first-order chi connectivity index (χ1) is 5.24. The molecule has 0 aliphatic carbocycles. The van der Waals surface area contributed by atoms with Crippen molar-refractivity contribution >= 4 is 17.5 Å². The maximum atomic E-state index is 11.1. The van der Waals surface area contributed by atoms with Gasteiger partial charge in [-0.2, -0.15) is 0 Å². The lowest BCUT2D eigenvalue weighted by Gasteiger charge is -2.30. The van der Waals surface area contributed by atoms with Crippen LogP contribution in [-0.4, -0.2) is 35.8 Å². The van der Waals surface area contributed by atoms with Crippen LogP contribution in [0.3, 0.4) is 0 Å². The van der Waals surface area contributed by atoms with Gasteiger partial charge in [0, 0.05) is 19.1 Å². The summed E-state index contributed by atoms with van der Waals surface area (Å²) in [4.78, 5) is 12.8. The zero-order chi connectivity index (χ0) is 8.27. The summed E-state index contributed by atoms with van der Waals surface area (Å²) in [7, 11) is 0. The average Bonchev–Trinajstić information content (AvgIpc) is 2.03. The van der Waals surface area contributed by atoms with Gasteiger partial charge in [0.25, 0.3) is 0 Å². The quantitative estimate of drug-likeness (QED) is 0.580. The molecule has 4 heteroatoms. The molecular formula is C7H13ClN2O. The van der Waals surface area contributed by atoms with Crippen molar-refractivity contribution in [3.8, 4) is 0 Å². The number of amides is 1. The number of hydrogen-bond donors (Lipinski definition) is 1. The lowest BCUT2D eigenvalue weighted by molar-refractivity contribution is -0.129. The molecule has 11 heavy (non-hydrogen) atoms. The maximum absolute atomic E-state index is 11.1. The van der Waals surface area contributed by atoms with Gasteiger partial charge in [-0.05, 0) is 12.8 Å². The smallest absolute Gasteiger partial charge is 0.237 e. The van der Waals surface area contributed by atoms with E-state index in [0.29, 0.717) is 6.54 Å². The van der Waals surface area contributed by atoms with E-state index in [1.54, 1.807) is 4.90 Å². The number of carbonyl (C=O) groups excluding carboxylic acids is 1. The number of nitrogens with two attached hydrogens (primary N) is 1. The van der Waals surface area contributed by atoms with Crippen LogP contribution < -0.4 is 5.73 Å². The highest BCUT2D eigenvalue weighted by Gasteiger charge is 2.19. The number of nitrogens with zero attached hydrogens (tertiary/aromatic N) is 1. The molecule has 1 saturated heterocycles. The van der Waals surface area contributed by atoms with Crippen molar-refractivity contribution in [1.82, 2.24) is 4.90 Å². The fraction of sp³-hybridized carbons (Fsp3) is 0.857. The summed E-state index contributed by atoms with van der Waals surface area (Å²) in [6.07, 6.45) is 2.02. The van der Waals surface area contributed by atoms with Gasteiger partial charge in [0.2, 0.25) is 5.91 Å². The highest BCUT2D eigenvalue weighted by molar-refractivity contribution is 6.27. The molecule has 64 valence electrons. The summed E-state index contributed by atoms with van der Waals surface area (Å²) >= 11 is 5.40. The molecule has 1 unspecified atom stereocenters. The highest BCUT2D eigenvalue weighted by atomic mass is 35.5. The Bertz CT molecular complexity index is 151. The Balaban J connectivity index is 2.39. The average molecular weight is 177 g/mol. The third-order valence-corrected chi connectivity index (χ3v) is 2.15. The molecule has 1 aliphatic rings. The second-order valence-corrected chi connectivity index (χ2v) is 3.14. The predicted octanol–water partition coefficient (Wildman–Crippen LogP) is 0.175. The van der Waals surface area contributed by atoms with Crippen molar-refractivity contribution in [1.29, 1.82) is 0 Å². The number of halogens is 1. The minimum Gasteiger partial charge on any atom is -0.340 e. The summed E-state index contributed by atoms with van der Waals surface area (Å²) < 4.78 is 0. The van der Waals surface area contributed by atoms with Crippen LogP contribution in [0.25, 0.3) is 0 Å². The van der Waals surface area contributed by atoms with E-state index in [0.717, 1.165) is 19.4 Å². The van der Waals surface area contributed by atoms with E-state index in [4.69, 9.17) is 17.3 Å². The van der Waals surface area contributed by atoms with Crippen molar-refractivity contribution in [3.05, 3.63) is 0 Å². The lowest BCUT2D eigenvalue weighted by Crippen LogP contribution is -2.46. The van der Waals surface area contributed by atoms with E-state index in [1.165, 1.54) is 0 Å². The Hall–Kier alpha value is -0.280. The number of alkyl halides is 1. The van der Waals surface area contributed by atoms with Crippen LogP contribution in [0.2, 0.25) is 0 Å². The summed E-state index contributed by atoms with van der Waals surface area (Å²) in [6, 6.07) is 0.149. The molecule has 3 nitrogen and oxygen atoms in total. The van der Waals surface area contributed by atoms with Crippen molar-refractivity contribution in [3.63, 3.8) is 0 Å². The van der Waals surface area contributed by atoms with Crippen molar-refractivity contribution in [2.45, 2.75) is 18.9 Å². The SMILES string of the molecule is NC1CCCN(C(=O)CCl)C1. The molecule has 0 bridgehead atoms. The molecule has 1 rings (SSSR count). The first-order valence-electron chi connectivity index (χ1n) is 3.83. The topological polar surface area (TPSA) is 46.3 Å². The van der Waals surface area contributed by atoms with Crippen LogP contribution in [0, 0.1) is 0 Å². The van der Waals surface area contributed by atoms with Gasteiger partial charge in [-0.3, -0.25) is 4.79 Å². The van der Waals surface area contributed by atoms with Crippen LogP contribution in [-0.2, 0) is 4.79 Å². The zero-order valence-electron chi connectivity index (χ0n) is 6.42. The largest absolute Gasteiger partial charge is 0.340 e. The molecule has 1 atom stereocenters. The van der Waals surface area contributed by atoms with E-state index < -0.39 is 0 Å². The Morgan fingerprint density at radius 1 is 1.73 bits per heavy atom. The van der Waals surface area contributed by atoms with Gasteiger partial charge in [-0.1, -0.05) is 0 Å². The van der Waals surface area contributed by atoms with E-state index in [1.807, 2.05) is 0 Å². The third kappa shape index (κ3) is 2.34. The van der Waals surface area contributed by atoms with E-state index in [9.17, 15) is 4.79 Å². The molecule has 1 fully saturated rings. The van der Waals surface area contributed by atoms with Gasteiger partial charge >= 0.3 is 0 Å². The standard InChI is InChI=1S/C7H13ClN2O/c8-4-7(11)10-3-1-2-6(9)5-10/h6H,1-5,9H2. The van der Waals surface area contributed by atoms with Crippen molar-refractivity contribution < 1.29 is 4.79 Å². The molecule has 0 radical (unpaired) electrons. The molecule has 1 aliphatic heterocycles. The molecule has 0 saturated carbocycles. The normalized spacial score (nSPS) is 25.3. The molecule has 0 spiro atoms. The van der Waals surface area contributed by atoms with E-state index >= 15 is 0 Å². The highest BCUT2D eigenvalue weighted by Crippen LogP contribution is 2.08. The molecular weight excluding hydrogens is 164 g/mol. The van der Waals surface area contributed by atoms with E-state index in [-0.39, 0.29) is 17.8 Å². The first-order valence-corrected chi connectivity index (χ1v) is 4.37. The van der Waals surface area contributed by atoms with Gasteiger partial charge < -0.3 is 10.6 Å². The summed E-state index contributed by atoms with van der Waals surface area (Å²) in [6.45, 7) is 1.49. The summed E-state index contributed by atoms with van der Waals surface area (Å²) in [5, 5.41) is 0. The Kier molecular flexibility index (Phi) is 3.15. The summed E-state index contributed by atoms with van der Waals surface area (Å²) in [5.41, 5.74) is 5.68. The molecule has 1 heterocycles. The third-order valence-electron chi connectivity index (χ3n) is 1.92. The van der Waals surface area contributed by atoms with E-state index in [2.05, 4.69) is 0 Å². The first kappa shape index (κ1) is 8.81. The van der Waals surface area contributed by atoms with Gasteiger partial charge in [0.1, 0.15) is 5.88 Å². The minimum atomic E-state index is 0.00168. The van der Waals surface area contributed by atoms with Gasteiger partial charge in [0.05, 0.1) is 0 Å². The zero-order valence-corrected chi connectivity index (χ0v) is 7.18. The molecule has 0 aromatic rings. The van der Waals surface area contributed by atoms with Gasteiger partial charge in [0.15, 0.2) is 0 Å². The van der Waals surface area contributed by atoms with Gasteiger partial charge in [-0.15, -0.1) is 11.6 Å². The van der Waals surface area contributed by atoms with Crippen LogP contribution in [0.1, 0.15) is 12.8 Å².